The molecule has 2 aliphatic rings. The molecule has 2 saturated carbocycles. The number of hydrogen-bond acceptors (Lipinski definition) is 3. The maximum atomic E-state index is 12.7. The minimum Gasteiger partial charge on any atom is -0.464 e. The number of furan rings is 1. The zero-order chi connectivity index (χ0) is 13.6. The van der Waals surface area contributed by atoms with Gasteiger partial charge >= 0.3 is 0 Å². The van der Waals surface area contributed by atoms with Crippen LogP contribution in [0.5, 0.6) is 0 Å². The Morgan fingerprint density at radius 1 is 1.42 bits per heavy atom. The lowest BCUT2D eigenvalue weighted by molar-refractivity contribution is -0.138. The first-order chi connectivity index (χ1) is 8.98. The van der Waals surface area contributed by atoms with Crippen molar-refractivity contribution < 1.29 is 9.21 Å². The van der Waals surface area contributed by atoms with Gasteiger partial charge in [0.05, 0.1) is 12.1 Å². The molecule has 2 fully saturated rings. The van der Waals surface area contributed by atoms with E-state index < -0.39 is 5.54 Å². The Morgan fingerprint density at radius 2 is 2.11 bits per heavy atom. The molecule has 0 aliphatic heterocycles. The summed E-state index contributed by atoms with van der Waals surface area (Å²) in [6, 6.07) is 4.25. The Labute approximate surface area is 113 Å². The van der Waals surface area contributed by atoms with Crippen LogP contribution in [0.2, 0.25) is 0 Å². The highest BCUT2D eigenvalue weighted by atomic mass is 16.3. The quantitative estimate of drug-likeness (QED) is 0.885. The number of carbonyl (C=O) groups excluding carboxylic acids is 1. The predicted octanol–water partition coefficient (Wildman–Crippen LogP) is 2.21. The molecule has 0 radical (unpaired) electrons. The summed E-state index contributed by atoms with van der Waals surface area (Å²) in [5, 5.41) is 0. The van der Waals surface area contributed by atoms with E-state index in [1.165, 1.54) is 0 Å². The maximum absolute atomic E-state index is 12.7. The van der Waals surface area contributed by atoms with Gasteiger partial charge < -0.3 is 15.1 Å². The summed E-state index contributed by atoms with van der Waals surface area (Å²) in [5.74, 6) is 2.19. The van der Waals surface area contributed by atoms with Crippen molar-refractivity contribution in [3.63, 3.8) is 0 Å². The van der Waals surface area contributed by atoms with Gasteiger partial charge in [-0.25, -0.2) is 0 Å². The summed E-state index contributed by atoms with van der Waals surface area (Å²) in [6.07, 6.45) is 4.34. The zero-order valence-electron chi connectivity index (χ0n) is 11.7. The van der Waals surface area contributed by atoms with Crippen LogP contribution in [0.25, 0.3) is 0 Å². The fraction of sp³-hybridized carbons (Fsp3) is 0.667. The molecule has 0 bridgehead atoms. The van der Waals surface area contributed by atoms with Gasteiger partial charge in [-0.2, -0.15) is 0 Å². The molecule has 2 aliphatic carbocycles. The first-order valence-electron chi connectivity index (χ1n) is 7.13. The van der Waals surface area contributed by atoms with Gasteiger partial charge in [0, 0.05) is 6.04 Å². The van der Waals surface area contributed by atoms with Crippen LogP contribution < -0.4 is 5.73 Å². The Hall–Kier alpha value is -1.29. The second kappa shape index (κ2) is 4.37. The molecular weight excluding hydrogens is 240 g/mol. The number of hydrogen-bond donors (Lipinski definition) is 1. The molecule has 1 unspecified atom stereocenters. The molecule has 1 atom stereocenters. The van der Waals surface area contributed by atoms with Crippen LogP contribution in [0, 0.1) is 12.8 Å². The smallest absolute Gasteiger partial charge is 0.243 e. The first kappa shape index (κ1) is 12.7. The monoisotopic (exact) mass is 262 g/mol. The van der Waals surface area contributed by atoms with Crippen molar-refractivity contribution >= 4 is 5.91 Å². The molecule has 1 aromatic heterocycles. The van der Waals surface area contributed by atoms with Crippen molar-refractivity contribution in [3.8, 4) is 0 Å². The van der Waals surface area contributed by atoms with Gasteiger partial charge in [0.1, 0.15) is 11.5 Å². The molecule has 1 aromatic rings. The number of carbonyl (C=O) groups is 1. The van der Waals surface area contributed by atoms with Crippen LogP contribution in [0.1, 0.15) is 44.1 Å². The number of rotatable bonds is 5. The molecule has 0 spiro atoms. The number of amides is 1. The molecule has 1 amide bonds. The SMILES string of the molecule is Cc1ccc(CN(C(=O)C(C)(N)C2CC2)C2CC2)o1. The van der Waals surface area contributed by atoms with Crippen molar-refractivity contribution in [2.24, 2.45) is 11.7 Å². The van der Waals surface area contributed by atoms with Crippen LogP contribution in [-0.4, -0.2) is 22.4 Å². The van der Waals surface area contributed by atoms with Crippen molar-refractivity contribution in [1.29, 1.82) is 0 Å². The molecule has 0 saturated heterocycles. The summed E-state index contributed by atoms with van der Waals surface area (Å²) in [7, 11) is 0. The third-order valence-corrected chi connectivity index (χ3v) is 4.26. The zero-order valence-corrected chi connectivity index (χ0v) is 11.7. The minimum absolute atomic E-state index is 0.0894. The van der Waals surface area contributed by atoms with Gasteiger partial charge in [0.2, 0.25) is 5.91 Å². The fourth-order valence-corrected chi connectivity index (χ4v) is 2.66. The lowest BCUT2D eigenvalue weighted by Crippen LogP contribution is -2.55. The second-order valence-electron chi connectivity index (χ2n) is 6.23. The highest BCUT2D eigenvalue weighted by Crippen LogP contribution is 2.41. The highest BCUT2D eigenvalue weighted by molar-refractivity contribution is 5.87. The second-order valence-corrected chi connectivity index (χ2v) is 6.23. The summed E-state index contributed by atoms with van der Waals surface area (Å²) in [4.78, 5) is 14.6. The number of nitrogens with two attached hydrogens (primary N) is 1. The maximum Gasteiger partial charge on any atom is 0.243 e. The normalized spacial score (nSPS) is 22.1. The van der Waals surface area contributed by atoms with E-state index in [1.807, 2.05) is 30.9 Å². The van der Waals surface area contributed by atoms with E-state index in [4.69, 9.17) is 10.2 Å². The number of nitrogens with zero attached hydrogens (tertiary/aromatic N) is 1. The van der Waals surface area contributed by atoms with E-state index in [0.29, 0.717) is 18.5 Å². The van der Waals surface area contributed by atoms with Crippen LogP contribution in [0.4, 0.5) is 0 Å². The summed E-state index contributed by atoms with van der Waals surface area (Å²) < 4.78 is 5.60. The van der Waals surface area contributed by atoms with Crippen LogP contribution >= 0.6 is 0 Å². The molecular formula is C15H22N2O2. The molecule has 4 heteroatoms. The van der Waals surface area contributed by atoms with Gasteiger partial charge in [0.15, 0.2) is 0 Å². The van der Waals surface area contributed by atoms with Crippen molar-refractivity contribution in [2.75, 3.05) is 0 Å². The summed E-state index contributed by atoms with van der Waals surface area (Å²) in [6.45, 7) is 4.36. The van der Waals surface area contributed by atoms with E-state index in [-0.39, 0.29) is 5.91 Å². The first-order valence-corrected chi connectivity index (χ1v) is 7.13. The standard InChI is InChI=1S/C15H22N2O2/c1-10-3-8-13(19-10)9-17(12-6-7-12)14(18)15(2,16)11-4-5-11/h3,8,11-12H,4-7,9,16H2,1-2H3. The molecule has 104 valence electrons. The van der Waals surface area contributed by atoms with Crippen molar-refractivity contribution in [3.05, 3.63) is 23.7 Å². The Morgan fingerprint density at radius 3 is 2.58 bits per heavy atom. The molecule has 3 rings (SSSR count). The van der Waals surface area contributed by atoms with Gasteiger partial charge in [0.25, 0.3) is 0 Å². The summed E-state index contributed by atoms with van der Waals surface area (Å²) >= 11 is 0. The Bertz CT molecular complexity index is 484. The van der Waals surface area contributed by atoms with Crippen molar-refractivity contribution in [1.82, 2.24) is 4.90 Å². The molecule has 19 heavy (non-hydrogen) atoms. The van der Waals surface area contributed by atoms with Crippen molar-refractivity contribution in [2.45, 2.75) is 57.7 Å². The fourth-order valence-electron chi connectivity index (χ4n) is 2.66. The average molecular weight is 262 g/mol. The number of aryl methyl sites for hydroxylation is 1. The topological polar surface area (TPSA) is 59.5 Å². The summed E-state index contributed by atoms with van der Waals surface area (Å²) in [5.41, 5.74) is 5.56. The lowest BCUT2D eigenvalue weighted by Gasteiger charge is -2.31. The van der Waals surface area contributed by atoms with E-state index in [1.54, 1.807) is 0 Å². The molecule has 1 heterocycles. The van der Waals surface area contributed by atoms with Gasteiger partial charge in [-0.15, -0.1) is 0 Å². The van der Waals surface area contributed by atoms with Crippen LogP contribution in [0.3, 0.4) is 0 Å². The van der Waals surface area contributed by atoms with E-state index in [2.05, 4.69) is 0 Å². The highest BCUT2D eigenvalue weighted by Gasteiger charge is 2.48. The minimum atomic E-state index is -0.704. The Kier molecular flexibility index (Phi) is 2.93. The average Bonchev–Trinajstić information content (AvgIpc) is 3.24. The molecule has 4 nitrogen and oxygen atoms in total. The van der Waals surface area contributed by atoms with E-state index in [0.717, 1.165) is 37.2 Å². The largest absolute Gasteiger partial charge is 0.464 e. The van der Waals surface area contributed by atoms with Crippen LogP contribution in [0.15, 0.2) is 16.5 Å². The predicted molar refractivity (Wildman–Crippen MR) is 72.3 cm³/mol. The molecule has 0 aromatic carbocycles. The van der Waals surface area contributed by atoms with Gasteiger partial charge in [-0.05, 0) is 57.6 Å². The Balaban J connectivity index is 1.75. The van der Waals surface area contributed by atoms with Crippen LogP contribution in [-0.2, 0) is 11.3 Å². The third-order valence-electron chi connectivity index (χ3n) is 4.26. The molecule has 2 N–H and O–H groups in total. The van der Waals surface area contributed by atoms with Gasteiger partial charge in [-0.1, -0.05) is 0 Å². The van der Waals surface area contributed by atoms with E-state index in [9.17, 15) is 4.79 Å². The lowest BCUT2D eigenvalue weighted by atomic mass is 9.95. The third kappa shape index (κ3) is 2.54. The van der Waals surface area contributed by atoms with Gasteiger partial charge in [-0.3, -0.25) is 4.79 Å². The van der Waals surface area contributed by atoms with E-state index >= 15 is 0 Å².